The zero-order valence-corrected chi connectivity index (χ0v) is 19.8. The third-order valence-corrected chi connectivity index (χ3v) is 6.96. The summed E-state index contributed by atoms with van der Waals surface area (Å²) < 4.78 is 31.6. The minimum absolute atomic E-state index is 0.290. The van der Waals surface area contributed by atoms with Crippen molar-refractivity contribution in [1.29, 1.82) is 0 Å². The largest absolute Gasteiger partial charge is 0.492 e. The highest BCUT2D eigenvalue weighted by Crippen LogP contribution is 2.29. The summed E-state index contributed by atoms with van der Waals surface area (Å²) in [5.41, 5.74) is 0.902. The first-order valence-corrected chi connectivity index (χ1v) is 12.2. The molecule has 2 aromatic carbocycles. The fourth-order valence-electron chi connectivity index (χ4n) is 4.81. The fraction of sp³-hybridized carbons (Fsp3) is 0.556. The SMILES string of the molecule is COC1(COc2ccccc2F)CCCN(Cc2ccc(OCCN3CCCC3)cc2)CC1. The lowest BCUT2D eigenvalue weighted by atomic mass is 9.95. The van der Waals surface area contributed by atoms with E-state index in [1.165, 1.54) is 37.6 Å². The molecular weight excluding hydrogens is 419 g/mol. The monoisotopic (exact) mass is 456 g/mol. The van der Waals surface area contributed by atoms with E-state index in [9.17, 15) is 4.39 Å². The van der Waals surface area contributed by atoms with Crippen LogP contribution in [0.25, 0.3) is 0 Å². The zero-order valence-electron chi connectivity index (χ0n) is 19.8. The average Bonchev–Trinajstić information content (AvgIpc) is 3.27. The summed E-state index contributed by atoms with van der Waals surface area (Å²) in [5, 5.41) is 0. The maximum absolute atomic E-state index is 13.9. The zero-order chi connectivity index (χ0) is 22.9. The third kappa shape index (κ3) is 6.92. The van der Waals surface area contributed by atoms with Gasteiger partial charge in [-0.25, -0.2) is 4.39 Å². The Labute approximate surface area is 197 Å². The maximum atomic E-state index is 13.9. The molecule has 2 saturated heterocycles. The molecule has 2 aliphatic heterocycles. The summed E-state index contributed by atoms with van der Waals surface area (Å²) in [6, 6.07) is 15.1. The first-order valence-electron chi connectivity index (χ1n) is 12.2. The summed E-state index contributed by atoms with van der Waals surface area (Å²) in [6.07, 6.45) is 5.41. The number of rotatable bonds is 10. The smallest absolute Gasteiger partial charge is 0.165 e. The molecule has 2 aliphatic rings. The van der Waals surface area contributed by atoms with Crippen molar-refractivity contribution in [1.82, 2.24) is 9.80 Å². The van der Waals surface area contributed by atoms with E-state index in [-0.39, 0.29) is 17.2 Å². The van der Waals surface area contributed by atoms with E-state index >= 15 is 0 Å². The predicted octanol–water partition coefficient (Wildman–Crippen LogP) is 4.75. The molecule has 0 bridgehead atoms. The number of likely N-dealkylation sites (tertiary alicyclic amines) is 2. The Kier molecular flexibility index (Phi) is 8.59. The van der Waals surface area contributed by atoms with E-state index in [0.29, 0.717) is 6.61 Å². The molecule has 5 nitrogen and oxygen atoms in total. The fourth-order valence-corrected chi connectivity index (χ4v) is 4.81. The van der Waals surface area contributed by atoms with Gasteiger partial charge in [0.2, 0.25) is 0 Å². The lowest BCUT2D eigenvalue weighted by Gasteiger charge is -2.31. The number of halogens is 1. The summed E-state index contributed by atoms with van der Waals surface area (Å²) in [5.74, 6) is 0.901. The number of nitrogens with zero attached hydrogens (tertiary/aromatic N) is 2. The second kappa shape index (κ2) is 11.8. The molecule has 180 valence electrons. The third-order valence-electron chi connectivity index (χ3n) is 6.96. The summed E-state index contributed by atoms with van der Waals surface area (Å²) in [6.45, 7) is 7.37. The summed E-state index contributed by atoms with van der Waals surface area (Å²) in [7, 11) is 1.74. The molecule has 1 atom stereocenters. The van der Waals surface area contributed by atoms with Crippen LogP contribution in [0, 0.1) is 5.82 Å². The molecule has 0 saturated carbocycles. The molecule has 2 aromatic rings. The van der Waals surface area contributed by atoms with E-state index in [0.717, 1.165) is 57.8 Å². The second-order valence-corrected chi connectivity index (χ2v) is 9.28. The topological polar surface area (TPSA) is 34.2 Å². The molecule has 0 spiro atoms. The highest BCUT2D eigenvalue weighted by Gasteiger charge is 2.34. The van der Waals surface area contributed by atoms with Gasteiger partial charge in [-0.3, -0.25) is 9.80 Å². The summed E-state index contributed by atoms with van der Waals surface area (Å²) in [4.78, 5) is 4.93. The Morgan fingerprint density at radius 1 is 0.848 bits per heavy atom. The number of ether oxygens (including phenoxy) is 3. The molecule has 2 heterocycles. The number of methoxy groups -OCH3 is 1. The van der Waals surface area contributed by atoms with Gasteiger partial charge in [0.15, 0.2) is 11.6 Å². The van der Waals surface area contributed by atoms with Crippen molar-refractivity contribution in [3.8, 4) is 11.5 Å². The van der Waals surface area contributed by atoms with Crippen LogP contribution in [-0.2, 0) is 11.3 Å². The average molecular weight is 457 g/mol. The van der Waals surface area contributed by atoms with Crippen molar-refractivity contribution in [2.75, 3.05) is 53.0 Å². The quantitative estimate of drug-likeness (QED) is 0.515. The minimum Gasteiger partial charge on any atom is -0.492 e. The molecule has 6 heteroatoms. The van der Waals surface area contributed by atoms with Crippen LogP contribution in [-0.4, -0.2) is 68.4 Å². The van der Waals surface area contributed by atoms with Gasteiger partial charge in [0.1, 0.15) is 24.6 Å². The maximum Gasteiger partial charge on any atom is 0.165 e. The standard InChI is InChI=1S/C27H37FN2O3/c1-31-27(22-33-26-8-3-2-7-25(26)28)13-6-17-30(18-14-27)21-23-9-11-24(12-10-23)32-20-19-29-15-4-5-16-29/h2-3,7-12H,4-6,13-22H2,1H3. The molecule has 0 aromatic heterocycles. The number of hydrogen-bond acceptors (Lipinski definition) is 5. The molecule has 0 N–H and O–H groups in total. The van der Waals surface area contributed by atoms with Crippen molar-refractivity contribution in [2.24, 2.45) is 0 Å². The molecule has 0 amide bonds. The van der Waals surface area contributed by atoms with E-state index in [1.807, 2.05) is 0 Å². The van der Waals surface area contributed by atoms with E-state index in [2.05, 4.69) is 34.1 Å². The van der Waals surface area contributed by atoms with Crippen molar-refractivity contribution in [3.05, 3.63) is 59.9 Å². The van der Waals surface area contributed by atoms with E-state index in [1.54, 1.807) is 25.3 Å². The van der Waals surface area contributed by atoms with Crippen LogP contribution in [0.2, 0.25) is 0 Å². The predicted molar refractivity (Wildman–Crippen MR) is 128 cm³/mol. The van der Waals surface area contributed by atoms with Crippen LogP contribution in [0.1, 0.15) is 37.7 Å². The van der Waals surface area contributed by atoms with Crippen molar-refractivity contribution >= 4 is 0 Å². The Bertz CT molecular complexity index is 857. The van der Waals surface area contributed by atoms with Crippen LogP contribution >= 0.6 is 0 Å². The van der Waals surface area contributed by atoms with Crippen LogP contribution in [0.3, 0.4) is 0 Å². The van der Waals surface area contributed by atoms with E-state index < -0.39 is 0 Å². The van der Waals surface area contributed by atoms with Crippen molar-refractivity contribution in [2.45, 2.75) is 44.2 Å². The van der Waals surface area contributed by atoms with Gasteiger partial charge in [-0.2, -0.15) is 0 Å². The Morgan fingerprint density at radius 3 is 2.36 bits per heavy atom. The van der Waals surface area contributed by atoms with Crippen LogP contribution in [0.5, 0.6) is 11.5 Å². The highest BCUT2D eigenvalue weighted by atomic mass is 19.1. The van der Waals surface area contributed by atoms with Gasteiger partial charge in [0.05, 0.1) is 0 Å². The number of benzene rings is 2. The molecule has 2 fully saturated rings. The Hall–Kier alpha value is -2.15. The van der Waals surface area contributed by atoms with Gasteiger partial charge in [-0.1, -0.05) is 24.3 Å². The van der Waals surface area contributed by atoms with Gasteiger partial charge in [0, 0.05) is 26.7 Å². The van der Waals surface area contributed by atoms with Gasteiger partial charge in [-0.15, -0.1) is 0 Å². The molecule has 33 heavy (non-hydrogen) atoms. The normalized spacial score (nSPS) is 22.2. The van der Waals surface area contributed by atoms with Gasteiger partial charge < -0.3 is 14.2 Å². The Balaban J connectivity index is 1.24. The molecule has 0 radical (unpaired) electrons. The van der Waals surface area contributed by atoms with Crippen LogP contribution < -0.4 is 9.47 Å². The van der Waals surface area contributed by atoms with Gasteiger partial charge in [-0.05, 0) is 81.6 Å². The van der Waals surface area contributed by atoms with Crippen LogP contribution in [0.4, 0.5) is 4.39 Å². The van der Waals surface area contributed by atoms with Gasteiger partial charge in [0.25, 0.3) is 0 Å². The molecule has 0 aliphatic carbocycles. The first kappa shape index (κ1) is 24.0. The van der Waals surface area contributed by atoms with E-state index in [4.69, 9.17) is 14.2 Å². The van der Waals surface area contributed by atoms with Crippen LogP contribution in [0.15, 0.2) is 48.5 Å². The van der Waals surface area contributed by atoms with Gasteiger partial charge >= 0.3 is 0 Å². The lowest BCUT2D eigenvalue weighted by molar-refractivity contribution is -0.0548. The molecular formula is C27H37FN2O3. The summed E-state index contributed by atoms with van der Waals surface area (Å²) >= 11 is 0. The first-order chi connectivity index (χ1) is 16.2. The Morgan fingerprint density at radius 2 is 1.61 bits per heavy atom. The molecule has 4 rings (SSSR count). The number of para-hydroxylation sites is 1. The van der Waals surface area contributed by atoms with Crippen molar-refractivity contribution in [3.63, 3.8) is 0 Å². The molecule has 1 unspecified atom stereocenters. The lowest BCUT2D eigenvalue weighted by Crippen LogP contribution is -2.39. The minimum atomic E-state index is -0.385. The van der Waals surface area contributed by atoms with Crippen molar-refractivity contribution < 1.29 is 18.6 Å². The highest BCUT2D eigenvalue weighted by molar-refractivity contribution is 5.27. The second-order valence-electron chi connectivity index (χ2n) is 9.28. The number of hydrogen-bond donors (Lipinski definition) is 0.